The fraction of sp³-hybridized carbons (Fsp3) is 0.429. The summed E-state index contributed by atoms with van der Waals surface area (Å²) in [6.07, 6.45) is 0.265. The number of aliphatic carboxylic acids is 2. The van der Waals surface area contributed by atoms with Crippen LogP contribution in [0.15, 0.2) is 24.3 Å². The van der Waals surface area contributed by atoms with Crippen molar-refractivity contribution in [3.05, 3.63) is 35.6 Å². The minimum atomic E-state index is -1.12. The monoisotopic (exact) mass is 281 g/mol. The quantitative estimate of drug-likeness (QED) is 0.873. The lowest BCUT2D eigenvalue weighted by Gasteiger charge is -2.34. The normalized spacial score (nSPS) is 23.4. The Morgan fingerprint density at radius 3 is 2.45 bits per heavy atom. The van der Waals surface area contributed by atoms with Gasteiger partial charge in [0.05, 0.1) is 11.8 Å². The van der Waals surface area contributed by atoms with E-state index in [1.807, 2.05) is 0 Å². The van der Waals surface area contributed by atoms with E-state index in [2.05, 4.69) is 0 Å². The maximum absolute atomic E-state index is 13.6. The van der Waals surface area contributed by atoms with Crippen LogP contribution < -0.4 is 0 Å². The predicted molar refractivity (Wildman–Crippen MR) is 68.5 cm³/mol. The predicted octanol–water partition coefficient (Wildman–Crippen LogP) is 1.43. The lowest BCUT2D eigenvalue weighted by molar-refractivity contribution is -0.157. The molecule has 0 radical (unpaired) electrons. The molecule has 2 atom stereocenters. The average Bonchev–Trinajstić information content (AvgIpc) is 2.41. The second-order valence-corrected chi connectivity index (χ2v) is 5.00. The first kappa shape index (κ1) is 14.5. The third kappa shape index (κ3) is 3.14. The summed E-state index contributed by atoms with van der Waals surface area (Å²) in [5, 5.41) is 18.2. The van der Waals surface area contributed by atoms with E-state index in [-0.39, 0.29) is 18.8 Å². The molecule has 1 fully saturated rings. The molecule has 1 aliphatic heterocycles. The molecule has 0 aromatic heterocycles. The first-order chi connectivity index (χ1) is 9.49. The summed E-state index contributed by atoms with van der Waals surface area (Å²) in [5.74, 6) is -4.35. The van der Waals surface area contributed by atoms with Crippen molar-refractivity contribution in [1.82, 2.24) is 4.90 Å². The fourth-order valence-electron chi connectivity index (χ4n) is 2.58. The van der Waals surface area contributed by atoms with Crippen molar-refractivity contribution in [1.29, 1.82) is 0 Å². The number of hydrogen-bond acceptors (Lipinski definition) is 3. The van der Waals surface area contributed by atoms with Crippen LogP contribution >= 0.6 is 0 Å². The van der Waals surface area contributed by atoms with E-state index in [0.29, 0.717) is 18.7 Å². The molecule has 0 spiro atoms. The van der Waals surface area contributed by atoms with Crippen molar-refractivity contribution < 1.29 is 24.2 Å². The molecule has 2 unspecified atom stereocenters. The highest BCUT2D eigenvalue weighted by atomic mass is 19.1. The van der Waals surface area contributed by atoms with Gasteiger partial charge in [-0.1, -0.05) is 18.2 Å². The molecule has 1 saturated heterocycles. The van der Waals surface area contributed by atoms with E-state index >= 15 is 0 Å². The molecule has 1 aromatic rings. The van der Waals surface area contributed by atoms with Crippen LogP contribution in [0.2, 0.25) is 0 Å². The van der Waals surface area contributed by atoms with Gasteiger partial charge in [0.15, 0.2) is 0 Å². The van der Waals surface area contributed by atoms with E-state index in [4.69, 9.17) is 10.2 Å². The van der Waals surface area contributed by atoms with Crippen molar-refractivity contribution in [2.24, 2.45) is 11.8 Å². The lowest BCUT2D eigenvalue weighted by atomic mass is 9.85. The van der Waals surface area contributed by atoms with Crippen LogP contribution in [0.3, 0.4) is 0 Å². The van der Waals surface area contributed by atoms with Gasteiger partial charge in [-0.2, -0.15) is 0 Å². The Bertz CT molecular complexity index is 520. The van der Waals surface area contributed by atoms with Crippen LogP contribution in [0.1, 0.15) is 12.0 Å². The van der Waals surface area contributed by atoms with Crippen molar-refractivity contribution in [3.63, 3.8) is 0 Å². The van der Waals surface area contributed by atoms with Crippen LogP contribution in [0.5, 0.6) is 0 Å². The number of carboxylic acid groups (broad SMARTS) is 2. The molecule has 0 aliphatic carbocycles. The minimum absolute atomic E-state index is 0.126. The summed E-state index contributed by atoms with van der Waals surface area (Å²) in [5.41, 5.74) is 0.491. The van der Waals surface area contributed by atoms with Gasteiger partial charge in [-0.25, -0.2) is 4.39 Å². The summed E-state index contributed by atoms with van der Waals surface area (Å²) in [4.78, 5) is 24.0. The third-order valence-corrected chi connectivity index (χ3v) is 3.68. The second kappa shape index (κ2) is 6.00. The van der Waals surface area contributed by atoms with Crippen molar-refractivity contribution in [2.75, 3.05) is 13.1 Å². The number of benzene rings is 1. The SMILES string of the molecule is O=C(O)C1CCN(Cc2ccccc2F)CC1C(=O)O. The summed E-state index contributed by atoms with van der Waals surface area (Å²) < 4.78 is 13.6. The molecule has 5 nitrogen and oxygen atoms in total. The Morgan fingerprint density at radius 1 is 1.20 bits per heavy atom. The fourth-order valence-corrected chi connectivity index (χ4v) is 2.58. The molecule has 0 saturated carbocycles. The standard InChI is InChI=1S/C14H16FNO4/c15-12-4-2-1-3-9(12)7-16-6-5-10(13(17)18)11(8-16)14(19)20/h1-4,10-11H,5-8H2,(H,17,18)(H,19,20). The van der Waals surface area contributed by atoms with Crippen molar-refractivity contribution in [3.8, 4) is 0 Å². The summed E-state index contributed by atoms with van der Waals surface area (Å²) >= 11 is 0. The van der Waals surface area contributed by atoms with Crippen LogP contribution in [0.4, 0.5) is 4.39 Å². The Labute approximate surface area is 115 Å². The average molecular weight is 281 g/mol. The number of carbonyl (C=O) groups is 2. The molecule has 1 aromatic carbocycles. The molecule has 6 heteroatoms. The van der Waals surface area contributed by atoms with Gasteiger partial charge in [0.25, 0.3) is 0 Å². The van der Waals surface area contributed by atoms with Gasteiger partial charge in [-0.3, -0.25) is 14.5 Å². The van der Waals surface area contributed by atoms with Crippen LogP contribution in [0.25, 0.3) is 0 Å². The summed E-state index contributed by atoms with van der Waals surface area (Å²) in [6.45, 7) is 0.874. The second-order valence-electron chi connectivity index (χ2n) is 5.00. The number of likely N-dealkylation sites (tertiary alicyclic amines) is 1. The number of hydrogen-bond donors (Lipinski definition) is 2. The van der Waals surface area contributed by atoms with Gasteiger partial charge in [0, 0.05) is 18.7 Å². The molecule has 2 N–H and O–H groups in total. The highest BCUT2D eigenvalue weighted by molar-refractivity contribution is 5.80. The van der Waals surface area contributed by atoms with E-state index in [1.165, 1.54) is 6.07 Å². The number of halogens is 1. The van der Waals surface area contributed by atoms with E-state index < -0.39 is 23.8 Å². The molecule has 1 aliphatic rings. The van der Waals surface area contributed by atoms with Gasteiger partial charge < -0.3 is 10.2 Å². The highest BCUT2D eigenvalue weighted by Gasteiger charge is 2.38. The molecule has 20 heavy (non-hydrogen) atoms. The zero-order valence-electron chi connectivity index (χ0n) is 10.8. The highest BCUT2D eigenvalue weighted by Crippen LogP contribution is 2.25. The maximum Gasteiger partial charge on any atom is 0.308 e. The van der Waals surface area contributed by atoms with Gasteiger partial charge in [-0.05, 0) is 19.0 Å². The molecule has 2 rings (SSSR count). The summed E-state index contributed by atoms with van der Waals surface area (Å²) in [6, 6.07) is 6.31. The number of nitrogens with zero attached hydrogens (tertiary/aromatic N) is 1. The topological polar surface area (TPSA) is 77.8 Å². The van der Waals surface area contributed by atoms with E-state index in [9.17, 15) is 14.0 Å². The van der Waals surface area contributed by atoms with Gasteiger partial charge in [0.1, 0.15) is 5.82 Å². The minimum Gasteiger partial charge on any atom is -0.481 e. The van der Waals surface area contributed by atoms with Crippen LogP contribution in [0, 0.1) is 17.7 Å². The Kier molecular flexibility index (Phi) is 4.34. The zero-order valence-corrected chi connectivity index (χ0v) is 10.8. The largest absolute Gasteiger partial charge is 0.481 e. The molecular formula is C14H16FNO4. The smallest absolute Gasteiger partial charge is 0.308 e. The first-order valence-corrected chi connectivity index (χ1v) is 6.40. The van der Waals surface area contributed by atoms with E-state index in [0.717, 1.165) is 0 Å². The van der Waals surface area contributed by atoms with Gasteiger partial charge in [0.2, 0.25) is 0 Å². The third-order valence-electron chi connectivity index (χ3n) is 3.68. The molecule has 0 bridgehead atoms. The lowest BCUT2D eigenvalue weighted by Crippen LogP contribution is -2.46. The summed E-state index contributed by atoms with van der Waals surface area (Å²) in [7, 11) is 0. The molecule has 1 heterocycles. The van der Waals surface area contributed by atoms with Crippen LogP contribution in [-0.2, 0) is 16.1 Å². The Balaban J connectivity index is 2.07. The van der Waals surface area contributed by atoms with Crippen molar-refractivity contribution >= 4 is 11.9 Å². The molecular weight excluding hydrogens is 265 g/mol. The van der Waals surface area contributed by atoms with Gasteiger partial charge in [-0.15, -0.1) is 0 Å². The van der Waals surface area contributed by atoms with Gasteiger partial charge >= 0.3 is 11.9 Å². The van der Waals surface area contributed by atoms with Crippen LogP contribution in [-0.4, -0.2) is 40.1 Å². The number of rotatable bonds is 4. The Hall–Kier alpha value is -1.95. The molecule has 0 amide bonds. The van der Waals surface area contributed by atoms with Crippen molar-refractivity contribution in [2.45, 2.75) is 13.0 Å². The van der Waals surface area contributed by atoms with E-state index in [1.54, 1.807) is 23.1 Å². The maximum atomic E-state index is 13.6. The first-order valence-electron chi connectivity index (χ1n) is 6.40. The number of carboxylic acids is 2. The number of piperidine rings is 1. The zero-order chi connectivity index (χ0) is 14.7. The molecule has 108 valence electrons. The Morgan fingerprint density at radius 2 is 1.85 bits per heavy atom.